The van der Waals surface area contributed by atoms with E-state index in [-0.39, 0.29) is 10.3 Å². The summed E-state index contributed by atoms with van der Waals surface area (Å²) in [4.78, 5) is 4.53. The Labute approximate surface area is 148 Å². The predicted molar refractivity (Wildman–Crippen MR) is 100 cm³/mol. The van der Waals surface area contributed by atoms with Gasteiger partial charge in [-0.2, -0.15) is 0 Å². The van der Waals surface area contributed by atoms with Crippen molar-refractivity contribution in [2.24, 2.45) is 5.73 Å². The number of pyridine rings is 1. The monoisotopic (exact) mass is 357 g/mol. The first-order chi connectivity index (χ1) is 11.7. The molecule has 0 amide bonds. The molecule has 0 saturated carbocycles. The van der Waals surface area contributed by atoms with E-state index in [2.05, 4.69) is 25.8 Å². The van der Waals surface area contributed by atoms with Crippen LogP contribution >= 0.6 is 0 Å². The summed E-state index contributed by atoms with van der Waals surface area (Å²) in [6, 6.07) is 10.7. The highest BCUT2D eigenvalue weighted by Crippen LogP contribution is 2.27. The normalized spacial score (nSPS) is 12.6. The Morgan fingerprint density at radius 3 is 2.40 bits per heavy atom. The minimum Gasteiger partial charge on any atom is -0.330 e. The summed E-state index contributed by atoms with van der Waals surface area (Å²) in [6.07, 6.45) is 3.84. The zero-order valence-electron chi connectivity index (χ0n) is 14.7. The third-order valence-electron chi connectivity index (χ3n) is 4.31. The summed E-state index contributed by atoms with van der Waals surface area (Å²) in [5.41, 5.74) is 8.04. The van der Waals surface area contributed by atoms with Crippen molar-refractivity contribution in [1.82, 2.24) is 8.96 Å². The molecule has 3 rings (SSSR count). The minimum absolute atomic E-state index is 0.0295. The van der Waals surface area contributed by atoms with E-state index in [4.69, 9.17) is 5.73 Å². The van der Waals surface area contributed by atoms with Gasteiger partial charge in [0.15, 0.2) is 5.65 Å². The van der Waals surface area contributed by atoms with Gasteiger partial charge in [-0.15, -0.1) is 0 Å². The summed E-state index contributed by atoms with van der Waals surface area (Å²) in [7, 11) is -3.71. The molecule has 6 heteroatoms. The fourth-order valence-corrected chi connectivity index (χ4v) is 4.22. The Kier molecular flexibility index (Phi) is 4.43. The number of nitrogens with two attached hydrogens (primary N) is 1. The van der Waals surface area contributed by atoms with Gasteiger partial charge in [-0.05, 0) is 53.8 Å². The van der Waals surface area contributed by atoms with Crippen LogP contribution in [0.4, 0.5) is 0 Å². The maximum absolute atomic E-state index is 13.1. The molecule has 0 aliphatic carbocycles. The fourth-order valence-electron chi connectivity index (χ4n) is 2.87. The molecule has 0 radical (unpaired) electrons. The molecule has 0 aliphatic rings. The lowest BCUT2D eigenvalue weighted by atomic mass is 9.87. The van der Waals surface area contributed by atoms with Crippen molar-refractivity contribution in [2.45, 2.75) is 37.5 Å². The Morgan fingerprint density at radius 2 is 1.80 bits per heavy atom. The van der Waals surface area contributed by atoms with Gasteiger partial charge in [-0.25, -0.2) is 17.4 Å². The average molecular weight is 357 g/mol. The molecule has 2 N–H and O–H groups in total. The Bertz CT molecular complexity index is 997. The highest BCUT2D eigenvalue weighted by atomic mass is 32.2. The van der Waals surface area contributed by atoms with Crippen molar-refractivity contribution in [1.29, 1.82) is 0 Å². The van der Waals surface area contributed by atoms with E-state index in [1.807, 2.05) is 18.2 Å². The summed E-state index contributed by atoms with van der Waals surface area (Å²) >= 11 is 0. The van der Waals surface area contributed by atoms with Crippen LogP contribution in [0.1, 0.15) is 31.9 Å². The van der Waals surface area contributed by atoms with Crippen LogP contribution in [0.15, 0.2) is 53.7 Å². The van der Waals surface area contributed by atoms with Crippen LogP contribution in [-0.4, -0.2) is 23.9 Å². The number of benzene rings is 1. The van der Waals surface area contributed by atoms with Crippen LogP contribution in [0.5, 0.6) is 0 Å². The molecule has 2 aromatic heterocycles. The van der Waals surface area contributed by atoms with Crippen molar-refractivity contribution in [2.75, 3.05) is 6.54 Å². The van der Waals surface area contributed by atoms with Gasteiger partial charge in [0.25, 0.3) is 10.0 Å². The average Bonchev–Trinajstić information content (AvgIpc) is 2.94. The Balaban J connectivity index is 2.13. The first-order valence-corrected chi connectivity index (χ1v) is 9.70. The molecule has 2 heterocycles. The molecule has 0 spiro atoms. The number of nitrogens with zero attached hydrogens (tertiary/aromatic N) is 2. The van der Waals surface area contributed by atoms with Crippen molar-refractivity contribution in [3.05, 3.63) is 59.9 Å². The van der Waals surface area contributed by atoms with Gasteiger partial charge in [0.05, 0.1) is 4.90 Å². The Morgan fingerprint density at radius 1 is 1.12 bits per heavy atom. The Hall–Kier alpha value is -2.18. The quantitative estimate of drug-likeness (QED) is 0.778. The van der Waals surface area contributed by atoms with Crippen molar-refractivity contribution in [3.8, 4) is 0 Å². The van der Waals surface area contributed by atoms with Crippen LogP contribution in [0.2, 0.25) is 0 Å². The van der Waals surface area contributed by atoms with Crippen LogP contribution in [0, 0.1) is 0 Å². The lowest BCUT2D eigenvalue weighted by molar-refractivity contribution is 0.583. The van der Waals surface area contributed by atoms with E-state index < -0.39 is 10.0 Å². The summed E-state index contributed by atoms with van der Waals surface area (Å²) in [5.74, 6) is 0. The molecule has 3 aromatic rings. The molecule has 1 aromatic carbocycles. The largest absolute Gasteiger partial charge is 0.330 e. The molecule has 132 valence electrons. The third-order valence-corrected chi connectivity index (χ3v) is 5.97. The minimum atomic E-state index is -3.71. The van der Waals surface area contributed by atoms with Crippen molar-refractivity contribution >= 4 is 21.1 Å². The molecule has 0 unspecified atom stereocenters. The zero-order valence-corrected chi connectivity index (χ0v) is 15.5. The van der Waals surface area contributed by atoms with E-state index >= 15 is 0 Å². The number of fused-ring (bicyclic) bond motifs is 1. The molecular formula is C19H23N3O2S. The lowest BCUT2D eigenvalue weighted by Gasteiger charge is -2.19. The summed E-state index contributed by atoms with van der Waals surface area (Å²) < 4.78 is 27.5. The second-order valence-corrected chi connectivity index (χ2v) is 8.96. The molecule has 0 fully saturated rings. The predicted octanol–water partition coefficient (Wildman–Crippen LogP) is 3.07. The molecule has 0 aliphatic heterocycles. The van der Waals surface area contributed by atoms with E-state index in [1.54, 1.807) is 30.6 Å². The number of hydrogen-bond acceptors (Lipinski definition) is 4. The standard InChI is InChI=1S/C19H23N3O2S/c1-19(2,3)15-6-8-16(9-7-15)25(23,24)22-13-14(10-11-20)17-5-4-12-21-18(17)22/h4-9,12-13H,10-11,20H2,1-3H3. The molecule has 5 nitrogen and oxygen atoms in total. The van der Waals surface area contributed by atoms with Crippen molar-refractivity contribution < 1.29 is 8.42 Å². The zero-order chi connectivity index (χ0) is 18.2. The third kappa shape index (κ3) is 3.19. The SMILES string of the molecule is CC(C)(C)c1ccc(S(=O)(=O)n2cc(CCN)c3cccnc32)cc1. The number of rotatable bonds is 4. The topological polar surface area (TPSA) is 78.0 Å². The highest BCUT2D eigenvalue weighted by Gasteiger charge is 2.23. The van der Waals surface area contributed by atoms with Crippen LogP contribution in [0.3, 0.4) is 0 Å². The first-order valence-electron chi connectivity index (χ1n) is 8.26. The first kappa shape index (κ1) is 17.6. The van der Waals surface area contributed by atoms with Crippen molar-refractivity contribution in [3.63, 3.8) is 0 Å². The van der Waals surface area contributed by atoms with Crippen LogP contribution in [-0.2, 0) is 21.9 Å². The number of hydrogen-bond donors (Lipinski definition) is 1. The maximum Gasteiger partial charge on any atom is 0.269 e. The van der Waals surface area contributed by atoms with Gasteiger partial charge in [-0.3, -0.25) is 0 Å². The van der Waals surface area contributed by atoms with Gasteiger partial charge in [-0.1, -0.05) is 32.9 Å². The van der Waals surface area contributed by atoms with Gasteiger partial charge < -0.3 is 5.73 Å². The van der Waals surface area contributed by atoms with E-state index in [9.17, 15) is 8.42 Å². The van der Waals surface area contributed by atoms with E-state index in [1.165, 1.54) is 3.97 Å². The van der Waals surface area contributed by atoms with Crippen LogP contribution < -0.4 is 5.73 Å². The smallest absolute Gasteiger partial charge is 0.269 e. The molecule has 0 saturated heterocycles. The molecular weight excluding hydrogens is 334 g/mol. The van der Waals surface area contributed by atoms with E-state index in [0.29, 0.717) is 18.6 Å². The van der Waals surface area contributed by atoms with E-state index in [0.717, 1.165) is 16.5 Å². The van der Waals surface area contributed by atoms with Crippen LogP contribution in [0.25, 0.3) is 11.0 Å². The second kappa shape index (κ2) is 6.28. The maximum atomic E-state index is 13.1. The highest BCUT2D eigenvalue weighted by molar-refractivity contribution is 7.90. The summed E-state index contributed by atoms with van der Waals surface area (Å²) in [5, 5.41) is 0.822. The molecule has 25 heavy (non-hydrogen) atoms. The molecule has 0 bridgehead atoms. The second-order valence-electron chi connectivity index (χ2n) is 7.14. The molecule has 0 atom stereocenters. The lowest BCUT2D eigenvalue weighted by Crippen LogP contribution is -2.14. The van der Waals surface area contributed by atoms with Gasteiger partial charge in [0, 0.05) is 17.8 Å². The fraction of sp³-hybridized carbons (Fsp3) is 0.316. The van der Waals surface area contributed by atoms with Gasteiger partial charge in [0.1, 0.15) is 0 Å². The summed E-state index contributed by atoms with van der Waals surface area (Å²) in [6.45, 7) is 6.74. The number of aromatic nitrogens is 2. The van der Waals surface area contributed by atoms with Gasteiger partial charge in [0.2, 0.25) is 0 Å². The van der Waals surface area contributed by atoms with Gasteiger partial charge >= 0.3 is 0 Å².